The summed E-state index contributed by atoms with van der Waals surface area (Å²) in [5.41, 5.74) is 1.04. The van der Waals surface area contributed by atoms with Crippen LogP contribution in [0.15, 0.2) is 36.7 Å². The van der Waals surface area contributed by atoms with Crippen molar-refractivity contribution < 1.29 is 14.3 Å². The molecule has 134 valence electrons. The molecule has 2 aromatic rings. The summed E-state index contributed by atoms with van der Waals surface area (Å²) < 4.78 is 6.82. The third kappa shape index (κ3) is 4.82. The Morgan fingerprint density at radius 2 is 1.92 bits per heavy atom. The summed E-state index contributed by atoms with van der Waals surface area (Å²) in [4.78, 5) is 28.2. The van der Waals surface area contributed by atoms with E-state index in [0.29, 0.717) is 17.9 Å². The lowest BCUT2D eigenvalue weighted by Gasteiger charge is -2.22. The minimum Gasteiger partial charge on any atom is -0.462 e. The maximum atomic E-state index is 12.3. The molecule has 2 rings (SSSR count). The van der Waals surface area contributed by atoms with Gasteiger partial charge < -0.3 is 19.9 Å². The number of hydrogen-bond acceptors (Lipinski definition) is 4. The number of amides is 2. The predicted molar refractivity (Wildman–Crippen MR) is 95.3 cm³/mol. The second-order valence-corrected chi connectivity index (χ2v) is 6.01. The van der Waals surface area contributed by atoms with Crippen LogP contribution in [0, 0.1) is 5.92 Å². The summed E-state index contributed by atoms with van der Waals surface area (Å²) in [5, 5.41) is 5.71. The number of anilines is 1. The number of benzene rings is 1. The van der Waals surface area contributed by atoms with Gasteiger partial charge in [0.2, 0.25) is 0 Å². The van der Waals surface area contributed by atoms with Crippen LogP contribution in [0.25, 0.3) is 0 Å². The van der Waals surface area contributed by atoms with E-state index in [0.717, 1.165) is 5.82 Å². The molecule has 0 saturated heterocycles. The van der Waals surface area contributed by atoms with Crippen molar-refractivity contribution in [2.24, 2.45) is 13.0 Å². The Hall–Kier alpha value is -2.83. The summed E-state index contributed by atoms with van der Waals surface area (Å²) in [6.07, 6.45) is 3.55. The first kappa shape index (κ1) is 18.5. The molecular weight excluding hydrogens is 320 g/mol. The van der Waals surface area contributed by atoms with Gasteiger partial charge in [-0.2, -0.15) is 0 Å². The quantitative estimate of drug-likeness (QED) is 0.789. The van der Waals surface area contributed by atoms with E-state index in [1.165, 1.54) is 0 Å². The van der Waals surface area contributed by atoms with Crippen LogP contribution in [0.5, 0.6) is 0 Å². The Bertz CT molecular complexity index is 722. The standard InChI is InChI=1S/C18H24N4O3/c1-5-25-17(23)13-6-8-14(9-7-13)20-18(24)21-15(12(2)3)16-19-10-11-22(16)4/h6-12,15H,5H2,1-4H3,(H2,20,21,24). The molecule has 0 radical (unpaired) electrons. The van der Waals surface area contributed by atoms with Gasteiger partial charge in [-0.15, -0.1) is 0 Å². The van der Waals surface area contributed by atoms with Gasteiger partial charge in [-0.25, -0.2) is 14.6 Å². The minimum atomic E-state index is -0.381. The zero-order valence-electron chi connectivity index (χ0n) is 14.9. The predicted octanol–water partition coefficient (Wildman–Crippen LogP) is 3.12. The zero-order chi connectivity index (χ0) is 18.4. The molecule has 1 aromatic carbocycles. The van der Waals surface area contributed by atoms with E-state index < -0.39 is 0 Å². The van der Waals surface area contributed by atoms with Crippen LogP contribution in [0.4, 0.5) is 10.5 Å². The summed E-state index contributed by atoms with van der Waals surface area (Å²) in [5.74, 6) is 0.592. The van der Waals surface area contributed by atoms with Gasteiger partial charge in [-0.3, -0.25) is 0 Å². The average molecular weight is 344 g/mol. The number of rotatable bonds is 6. The van der Waals surface area contributed by atoms with Gasteiger partial charge in [0.05, 0.1) is 18.2 Å². The van der Waals surface area contributed by atoms with Gasteiger partial charge in [-0.1, -0.05) is 13.8 Å². The molecule has 1 atom stereocenters. The number of ether oxygens (including phenoxy) is 1. The van der Waals surface area contributed by atoms with Crippen LogP contribution < -0.4 is 10.6 Å². The number of imidazole rings is 1. The maximum absolute atomic E-state index is 12.3. The third-order valence-electron chi connectivity index (χ3n) is 3.74. The summed E-state index contributed by atoms with van der Waals surface area (Å²) in [6, 6.07) is 6.02. The lowest BCUT2D eigenvalue weighted by atomic mass is 10.0. The highest BCUT2D eigenvalue weighted by atomic mass is 16.5. The molecule has 0 aliphatic rings. The molecule has 25 heavy (non-hydrogen) atoms. The van der Waals surface area contributed by atoms with E-state index in [9.17, 15) is 9.59 Å². The Labute approximate surface area is 147 Å². The summed E-state index contributed by atoms with van der Waals surface area (Å²) in [7, 11) is 1.89. The van der Waals surface area contributed by atoms with Crippen molar-refractivity contribution in [3.05, 3.63) is 48.0 Å². The molecule has 1 heterocycles. The largest absolute Gasteiger partial charge is 0.462 e. The molecule has 0 fully saturated rings. The summed E-state index contributed by atoms with van der Waals surface area (Å²) >= 11 is 0. The molecule has 2 N–H and O–H groups in total. The first-order chi connectivity index (χ1) is 11.9. The molecule has 0 spiro atoms. The van der Waals surface area contributed by atoms with Crippen molar-refractivity contribution in [2.75, 3.05) is 11.9 Å². The fourth-order valence-electron chi connectivity index (χ4n) is 2.42. The molecule has 2 amide bonds. The number of nitrogens with one attached hydrogen (secondary N) is 2. The van der Waals surface area contributed by atoms with E-state index in [-0.39, 0.29) is 24.0 Å². The average Bonchev–Trinajstić information content (AvgIpc) is 2.99. The van der Waals surface area contributed by atoms with Crippen LogP contribution in [0.3, 0.4) is 0 Å². The Morgan fingerprint density at radius 3 is 2.44 bits per heavy atom. The van der Waals surface area contributed by atoms with Gasteiger partial charge in [0.1, 0.15) is 5.82 Å². The van der Waals surface area contributed by atoms with E-state index >= 15 is 0 Å². The summed E-state index contributed by atoms with van der Waals surface area (Å²) in [6.45, 7) is 6.12. The number of aryl methyl sites for hydroxylation is 1. The van der Waals surface area contributed by atoms with Crippen molar-refractivity contribution in [2.45, 2.75) is 26.8 Å². The first-order valence-corrected chi connectivity index (χ1v) is 8.24. The number of nitrogens with zero attached hydrogens (tertiary/aromatic N) is 2. The van der Waals surface area contributed by atoms with Crippen molar-refractivity contribution in [1.29, 1.82) is 0 Å². The van der Waals surface area contributed by atoms with Crippen molar-refractivity contribution in [3.63, 3.8) is 0 Å². The van der Waals surface area contributed by atoms with Gasteiger partial charge in [0, 0.05) is 25.1 Å². The second-order valence-electron chi connectivity index (χ2n) is 6.01. The second kappa shape index (κ2) is 8.32. The molecule has 7 nitrogen and oxygen atoms in total. The maximum Gasteiger partial charge on any atom is 0.338 e. The highest BCUT2D eigenvalue weighted by Crippen LogP contribution is 2.20. The van der Waals surface area contributed by atoms with Gasteiger partial charge in [-0.05, 0) is 37.1 Å². The van der Waals surface area contributed by atoms with Crippen LogP contribution >= 0.6 is 0 Å². The molecule has 1 aromatic heterocycles. The molecular formula is C18H24N4O3. The smallest absolute Gasteiger partial charge is 0.338 e. The van der Waals surface area contributed by atoms with E-state index in [4.69, 9.17) is 4.74 Å². The fraction of sp³-hybridized carbons (Fsp3) is 0.389. The Balaban J connectivity index is 2.01. The zero-order valence-corrected chi connectivity index (χ0v) is 14.9. The van der Waals surface area contributed by atoms with E-state index in [2.05, 4.69) is 15.6 Å². The topological polar surface area (TPSA) is 85.2 Å². The van der Waals surface area contributed by atoms with Gasteiger partial charge >= 0.3 is 12.0 Å². The fourth-order valence-corrected chi connectivity index (χ4v) is 2.42. The van der Waals surface area contributed by atoms with E-state index in [1.807, 2.05) is 31.7 Å². The molecule has 0 aliphatic carbocycles. The minimum absolute atomic E-state index is 0.179. The Kier molecular flexibility index (Phi) is 6.16. The molecule has 1 unspecified atom stereocenters. The van der Waals surface area contributed by atoms with Gasteiger partial charge in [0.25, 0.3) is 0 Å². The third-order valence-corrected chi connectivity index (χ3v) is 3.74. The number of carbonyl (C=O) groups is 2. The van der Waals surface area contributed by atoms with E-state index in [1.54, 1.807) is 37.4 Å². The number of carbonyl (C=O) groups excluding carboxylic acids is 2. The molecule has 7 heteroatoms. The monoisotopic (exact) mass is 344 g/mol. The molecule has 0 aliphatic heterocycles. The lowest BCUT2D eigenvalue weighted by Crippen LogP contribution is -2.36. The molecule has 0 saturated carbocycles. The first-order valence-electron chi connectivity index (χ1n) is 8.24. The van der Waals surface area contributed by atoms with Crippen LogP contribution in [-0.2, 0) is 11.8 Å². The number of urea groups is 1. The normalized spacial score (nSPS) is 11.9. The van der Waals surface area contributed by atoms with Gasteiger partial charge in [0.15, 0.2) is 0 Å². The Morgan fingerprint density at radius 1 is 1.24 bits per heavy atom. The van der Waals surface area contributed by atoms with Crippen LogP contribution in [0.1, 0.15) is 43.0 Å². The number of aromatic nitrogens is 2. The van der Waals surface area contributed by atoms with Crippen molar-refractivity contribution in [1.82, 2.24) is 14.9 Å². The number of hydrogen-bond donors (Lipinski definition) is 2. The van der Waals surface area contributed by atoms with Crippen molar-refractivity contribution >= 4 is 17.7 Å². The van der Waals surface area contributed by atoms with Crippen molar-refractivity contribution in [3.8, 4) is 0 Å². The van der Waals surface area contributed by atoms with Crippen LogP contribution in [0.2, 0.25) is 0 Å². The lowest BCUT2D eigenvalue weighted by molar-refractivity contribution is 0.0526. The highest BCUT2D eigenvalue weighted by Gasteiger charge is 2.22. The number of esters is 1. The molecule has 0 bridgehead atoms. The SMILES string of the molecule is CCOC(=O)c1ccc(NC(=O)NC(c2nccn2C)C(C)C)cc1. The highest BCUT2D eigenvalue weighted by molar-refractivity contribution is 5.92. The van der Waals surface area contributed by atoms with Crippen LogP contribution in [-0.4, -0.2) is 28.2 Å².